The minimum absolute atomic E-state index is 0.00475. The van der Waals surface area contributed by atoms with Gasteiger partial charge in [0.2, 0.25) is 5.91 Å². The molecule has 0 saturated carbocycles. The molecule has 1 aliphatic heterocycles. The van der Waals surface area contributed by atoms with Crippen molar-refractivity contribution in [1.82, 2.24) is 16.2 Å². The third kappa shape index (κ3) is 6.48. The van der Waals surface area contributed by atoms with E-state index in [1.54, 1.807) is 7.11 Å². The average molecular weight is 420 g/mol. The first-order valence-corrected chi connectivity index (χ1v) is 9.30. The second-order valence-electron chi connectivity index (χ2n) is 6.67. The number of H-pyrrole nitrogens is 1. The highest BCUT2D eigenvalue weighted by Crippen LogP contribution is 2.29. The highest BCUT2D eigenvalue weighted by atomic mass is 32.1. The van der Waals surface area contributed by atoms with Crippen LogP contribution in [0.3, 0.4) is 0 Å². The number of hydrazine groups is 1. The Balaban J connectivity index is 1.77. The van der Waals surface area contributed by atoms with Crippen molar-refractivity contribution >= 4 is 29.1 Å². The summed E-state index contributed by atoms with van der Waals surface area (Å²) in [5, 5.41) is 3.27. The summed E-state index contributed by atoms with van der Waals surface area (Å²) in [6.45, 7) is 3.50. The molecule has 1 aliphatic rings. The molecular weight excluding hydrogens is 395 g/mol. The van der Waals surface area contributed by atoms with Crippen LogP contribution in [0, 0.1) is 5.92 Å². The number of ether oxygens (including phenoxy) is 1. The van der Waals surface area contributed by atoms with E-state index in [2.05, 4.69) is 21.2 Å². The molecule has 1 atom stereocenters. The molecule has 0 aromatic carbocycles. The first kappa shape index (κ1) is 22.2. The van der Waals surface area contributed by atoms with Crippen LogP contribution in [0.15, 0.2) is 18.3 Å². The molecule has 0 aliphatic carbocycles. The Labute approximate surface area is 167 Å². The van der Waals surface area contributed by atoms with Crippen molar-refractivity contribution in [3.8, 4) is 0 Å². The van der Waals surface area contributed by atoms with Crippen LogP contribution >= 0.6 is 12.2 Å². The Hall–Kier alpha value is -2.14. The Morgan fingerprint density at radius 3 is 2.57 bits per heavy atom. The van der Waals surface area contributed by atoms with Crippen molar-refractivity contribution < 1.29 is 27.7 Å². The van der Waals surface area contributed by atoms with Crippen LogP contribution in [0.4, 0.5) is 19.0 Å². The molecule has 0 spiro atoms. The molecule has 0 radical (unpaired) electrons. The van der Waals surface area contributed by atoms with Gasteiger partial charge in [0.1, 0.15) is 6.20 Å². The molecular formula is C17H25F3N5O2S+. The third-order valence-electron chi connectivity index (χ3n) is 4.42. The molecule has 2 rings (SSSR count). The zero-order chi connectivity index (χ0) is 20.7. The topological polar surface area (TPSA) is 79.8 Å². The summed E-state index contributed by atoms with van der Waals surface area (Å²) < 4.78 is 42.9. The zero-order valence-electron chi connectivity index (χ0n) is 15.7. The van der Waals surface area contributed by atoms with E-state index < -0.39 is 11.7 Å². The van der Waals surface area contributed by atoms with E-state index in [1.165, 1.54) is 6.07 Å². The van der Waals surface area contributed by atoms with Crippen molar-refractivity contribution in [1.29, 1.82) is 0 Å². The predicted molar refractivity (Wildman–Crippen MR) is 101 cm³/mol. The highest BCUT2D eigenvalue weighted by Gasteiger charge is 2.33. The number of carbonyl (C=O) groups excluding carboxylic acids is 1. The quantitative estimate of drug-likeness (QED) is 0.492. The minimum Gasteiger partial charge on any atom is -0.383 e. The van der Waals surface area contributed by atoms with Gasteiger partial charge in [0.15, 0.2) is 5.11 Å². The molecule has 28 heavy (non-hydrogen) atoms. The fourth-order valence-electron chi connectivity index (χ4n) is 2.94. The molecule has 1 fully saturated rings. The van der Waals surface area contributed by atoms with E-state index in [9.17, 15) is 18.0 Å². The van der Waals surface area contributed by atoms with Crippen LogP contribution in [0.25, 0.3) is 0 Å². The van der Waals surface area contributed by atoms with Crippen molar-refractivity contribution in [3.63, 3.8) is 0 Å². The van der Waals surface area contributed by atoms with Crippen LogP contribution in [0.5, 0.6) is 0 Å². The van der Waals surface area contributed by atoms with Crippen molar-refractivity contribution in [2.45, 2.75) is 32.0 Å². The number of hydrogen-bond acceptors (Lipinski definition) is 4. The van der Waals surface area contributed by atoms with E-state index in [0.717, 1.165) is 12.3 Å². The fourth-order valence-corrected chi connectivity index (χ4v) is 3.20. The SMILES string of the molecule is COC[C@H](C)NC(=S)NNC(=O)C1CCN(c2ccc(C(F)(F)F)c[nH+]2)CC1. The van der Waals surface area contributed by atoms with Gasteiger partial charge in [-0.05, 0) is 38.0 Å². The average Bonchev–Trinajstić information content (AvgIpc) is 2.66. The number of nitrogens with one attached hydrogen (secondary N) is 4. The van der Waals surface area contributed by atoms with Crippen LogP contribution < -0.4 is 26.1 Å². The molecule has 0 bridgehead atoms. The lowest BCUT2D eigenvalue weighted by atomic mass is 9.96. The summed E-state index contributed by atoms with van der Waals surface area (Å²) in [6.07, 6.45) is -2.24. The first-order valence-electron chi connectivity index (χ1n) is 8.90. The smallest absolute Gasteiger partial charge is 0.383 e. The lowest BCUT2D eigenvalue weighted by Crippen LogP contribution is -2.52. The number of aromatic nitrogens is 1. The van der Waals surface area contributed by atoms with Gasteiger partial charge < -0.3 is 10.1 Å². The lowest BCUT2D eigenvalue weighted by Gasteiger charge is -2.27. The van der Waals surface area contributed by atoms with Gasteiger partial charge >= 0.3 is 6.18 Å². The summed E-state index contributed by atoms with van der Waals surface area (Å²) in [5.41, 5.74) is 4.54. The molecule has 2 heterocycles. The molecule has 1 amide bonds. The number of rotatable bonds is 5. The molecule has 4 N–H and O–H groups in total. The summed E-state index contributed by atoms with van der Waals surface area (Å²) in [5.74, 6) is 0.236. The number of hydrogen-bond donors (Lipinski definition) is 3. The fraction of sp³-hybridized carbons (Fsp3) is 0.588. The second-order valence-corrected chi connectivity index (χ2v) is 7.07. The van der Waals surface area contributed by atoms with E-state index >= 15 is 0 Å². The number of thiocarbonyl (C=S) groups is 1. The maximum Gasteiger partial charge on any atom is 0.419 e. The number of piperidine rings is 1. The number of methoxy groups -OCH3 is 1. The number of anilines is 1. The number of alkyl halides is 3. The predicted octanol–water partition coefficient (Wildman–Crippen LogP) is 1.27. The second kappa shape index (κ2) is 9.87. The summed E-state index contributed by atoms with van der Waals surface area (Å²) >= 11 is 5.10. The molecule has 0 unspecified atom stereocenters. The van der Waals surface area contributed by atoms with E-state index in [0.29, 0.717) is 43.5 Å². The van der Waals surface area contributed by atoms with Gasteiger partial charge in [-0.2, -0.15) is 13.2 Å². The normalized spacial score (nSPS) is 16.4. The van der Waals surface area contributed by atoms with Crippen molar-refractivity contribution in [2.24, 2.45) is 5.92 Å². The minimum atomic E-state index is -4.37. The summed E-state index contributed by atoms with van der Waals surface area (Å²) in [6, 6.07) is 2.47. The number of nitrogens with zero attached hydrogens (tertiary/aromatic N) is 1. The summed E-state index contributed by atoms with van der Waals surface area (Å²) in [4.78, 5) is 16.9. The Morgan fingerprint density at radius 1 is 1.36 bits per heavy atom. The Kier molecular flexibility index (Phi) is 7.81. The van der Waals surface area contributed by atoms with Gasteiger partial charge in [-0.1, -0.05) is 0 Å². The zero-order valence-corrected chi connectivity index (χ0v) is 16.5. The third-order valence-corrected chi connectivity index (χ3v) is 4.64. The van der Waals surface area contributed by atoms with Gasteiger partial charge in [0.05, 0.1) is 25.3 Å². The van der Waals surface area contributed by atoms with Crippen LogP contribution in [-0.4, -0.2) is 43.9 Å². The number of halogens is 3. The van der Waals surface area contributed by atoms with Crippen molar-refractivity contribution in [2.75, 3.05) is 31.7 Å². The van der Waals surface area contributed by atoms with Crippen LogP contribution in [-0.2, 0) is 15.7 Å². The maximum atomic E-state index is 12.6. The molecule has 1 saturated heterocycles. The number of aromatic amines is 1. The van der Waals surface area contributed by atoms with Gasteiger partial charge in [0, 0.05) is 25.1 Å². The molecule has 1 aromatic rings. The van der Waals surface area contributed by atoms with Gasteiger partial charge in [-0.25, -0.2) is 4.98 Å². The van der Waals surface area contributed by atoms with Crippen LogP contribution in [0.2, 0.25) is 0 Å². The molecule has 7 nitrogen and oxygen atoms in total. The van der Waals surface area contributed by atoms with E-state index in [-0.39, 0.29) is 17.9 Å². The van der Waals surface area contributed by atoms with Crippen LogP contribution in [0.1, 0.15) is 25.3 Å². The van der Waals surface area contributed by atoms with E-state index in [4.69, 9.17) is 17.0 Å². The standard InChI is InChI=1S/C17H24F3N5O2S/c1-11(10-27-2)22-16(28)24-23-15(26)12-5-7-25(8-6-12)14-4-3-13(9-21-14)17(18,19)20/h3-4,9,11-12H,5-8,10H2,1-2H3,(H,23,26)(H2,22,24,28)/p+1/t11-/m0/s1. The van der Waals surface area contributed by atoms with E-state index in [1.807, 2.05) is 11.8 Å². The van der Waals surface area contributed by atoms with Gasteiger partial charge in [0.25, 0.3) is 5.82 Å². The van der Waals surface area contributed by atoms with Crippen molar-refractivity contribution in [3.05, 3.63) is 23.9 Å². The molecule has 1 aromatic heterocycles. The maximum absolute atomic E-state index is 12.6. The monoisotopic (exact) mass is 420 g/mol. The highest BCUT2D eigenvalue weighted by molar-refractivity contribution is 7.80. The van der Waals surface area contributed by atoms with Gasteiger partial charge in [-0.15, -0.1) is 0 Å². The number of carbonyl (C=O) groups is 1. The number of pyridine rings is 1. The largest absolute Gasteiger partial charge is 0.419 e. The Morgan fingerprint density at radius 2 is 2.04 bits per heavy atom. The molecule has 156 valence electrons. The lowest BCUT2D eigenvalue weighted by molar-refractivity contribution is -0.367. The number of amides is 1. The van der Waals surface area contributed by atoms with Gasteiger partial charge in [-0.3, -0.25) is 20.5 Å². The Bertz CT molecular complexity index is 664. The first-order chi connectivity index (χ1) is 13.2. The molecule has 11 heteroatoms. The summed E-state index contributed by atoms with van der Waals surface area (Å²) in [7, 11) is 1.59.